The van der Waals surface area contributed by atoms with Crippen molar-refractivity contribution in [1.29, 1.82) is 0 Å². The number of rotatable bonds is 8. The van der Waals surface area contributed by atoms with E-state index in [-0.39, 0.29) is 17.6 Å². The van der Waals surface area contributed by atoms with Crippen LogP contribution in [0.25, 0.3) is 0 Å². The molecule has 37 heavy (non-hydrogen) atoms. The van der Waals surface area contributed by atoms with Crippen LogP contribution >= 0.6 is 0 Å². The molecule has 5 rings (SSSR count). The van der Waals surface area contributed by atoms with Gasteiger partial charge in [-0.05, 0) is 60.9 Å². The van der Waals surface area contributed by atoms with Crippen LogP contribution in [0.15, 0.2) is 71.8 Å². The first kappa shape index (κ1) is 24.8. The summed E-state index contributed by atoms with van der Waals surface area (Å²) in [4.78, 5) is 16.3. The van der Waals surface area contributed by atoms with Crippen LogP contribution < -0.4 is 19.4 Å². The van der Waals surface area contributed by atoms with Gasteiger partial charge < -0.3 is 14.4 Å². The maximum absolute atomic E-state index is 14.5. The minimum atomic E-state index is -0.920. The highest BCUT2D eigenvalue weighted by molar-refractivity contribution is 6.17. The molecule has 1 amide bonds. The van der Waals surface area contributed by atoms with Crippen LogP contribution in [0.4, 0.5) is 15.8 Å². The molecule has 2 heterocycles. The van der Waals surface area contributed by atoms with Crippen molar-refractivity contribution in [1.82, 2.24) is 0 Å². The number of carbonyl (C=O) groups excluding carboxylic acids is 1. The zero-order valence-electron chi connectivity index (χ0n) is 21.7. The Morgan fingerprint density at radius 1 is 0.973 bits per heavy atom. The Labute approximate surface area is 217 Å². The molecule has 0 radical (unpaired) electrons. The lowest BCUT2D eigenvalue weighted by atomic mass is 9.75. The lowest BCUT2D eigenvalue weighted by molar-refractivity contribution is -0.124. The summed E-state index contributed by atoms with van der Waals surface area (Å²) in [6.45, 7) is 4.49. The first-order valence-electron chi connectivity index (χ1n) is 12.7. The van der Waals surface area contributed by atoms with Crippen molar-refractivity contribution >= 4 is 23.0 Å². The van der Waals surface area contributed by atoms with Gasteiger partial charge in [0.25, 0.3) is 5.91 Å². The third-order valence-corrected chi connectivity index (χ3v) is 7.47. The lowest BCUT2D eigenvalue weighted by Gasteiger charge is -2.46. The summed E-state index contributed by atoms with van der Waals surface area (Å²) < 4.78 is 24.7. The van der Waals surface area contributed by atoms with Crippen LogP contribution in [0.2, 0.25) is 0 Å². The Bertz CT molecular complexity index is 1320. The lowest BCUT2D eigenvalue weighted by Crippen LogP contribution is -2.61. The SMILES string of the molecule is CCCCC1C(c2ccc(F)cc2)=NN2c3ccccc3N(Cc3cc(OC)cc(OC)c3)C(=O)C12C. The molecule has 0 aliphatic carbocycles. The smallest absolute Gasteiger partial charge is 0.255 e. The standard InChI is InChI=1S/C30H32FN3O3/c1-5-6-9-25-28(21-12-14-22(31)15-13-21)32-34-27-11-8-7-10-26(27)33(29(35)30(25,34)2)19-20-16-23(36-3)18-24(17-20)37-4/h7-8,10-18,25H,5-6,9,19H2,1-4H3. The van der Waals surface area contributed by atoms with Gasteiger partial charge in [-0.15, -0.1) is 0 Å². The maximum atomic E-state index is 14.5. The van der Waals surface area contributed by atoms with Gasteiger partial charge in [-0.3, -0.25) is 4.79 Å². The molecule has 0 spiro atoms. The fraction of sp³-hybridized carbons (Fsp3) is 0.333. The topological polar surface area (TPSA) is 54.4 Å². The number of hydrogen-bond donors (Lipinski definition) is 0. The summed E-state index contributed by atoms with van der Waals surface area (Å²) in [6, 6.07) is 19.9. The molecule has 192 valence electrons. The van der Waals surface area contributed by atoms with Gasteiger partial charge in [-0.25, -0.2) is 9.40 Å². The fourth-order valence-corrected chi connectivity index (χ4v) is 5.50. The van der Waals surface area contributed by atoms with E-state index in [9.17, 15) is 9.18 Å². The summed E-state index contributed by atoms with van der Waals surface area (Å²) in [6.07, 6.45) is 2.76. The number of ether oxygens (including phenoxy) is 2. The number of carbonyl (C=O) groups is 1. The van der Waals surface area contributed by atoms with Gasteiger partial charge in [0.1, 0.15) is 22.9 Å². The maximum Gasteiger partial charge on any atom is 0.255 e. The number of halogens is 1. The van der Waals surface area contributed by atoms with E-state index in [1.54, 1.807) is 26.4 Å². The molecule has 3 aromatic carbocycles. The minimum absolute atomic E-state index is 0.0186. The fourth-order valence-electron chi connectivity index (χ4n) is 5.50. The van der Waals surface area contributed by atoms with Crippen LogP contribution in [0.5, 0.6) is 11.5 Å². The Morgan fingerprint density at radius 3 is 2.24 bits per heavy atom. The molecule has 6 nitrogen and oxygen atoms in total. The molecule has 0 fully saturated rings. The number of para-hydroxylation sites is 2. The van der Waals surface area contributed by atoms with Crippen LogP contribution in [-0.4, -0.2) is 31.4 Å². The minimum Gasteiger partial charge on any atom is -0.497 e. The first-order chi connectivity index (χ1) is 17.9. The van der Waals surface area contributed by atoms with E-state index in [2.05, 4.69) is 6.92 Å². The van der Waals surface area contributed by atoms with Gasteiger partial charge in [0.15, 0.2) is 0 Å². The van der Waals surface area contributed by atoms with E-state index < -0.39 is 5.54 Å². The van der Waals surface area contributed by atoms with Crippen molar-refractivity contribution in [3.63, 3.8) is 0 Å². The number of fused-ring (bicyclic) bond motifs is 3. The second-order valence-corrected chi connectivity index (χ2v) is 9.75. The summed E-state index contributed by atoms with van der Waals surface area (Å²) >= 11 is 0. The third-order valence-electron chi connectivity index (χ3n) is 7.47. The summed E-state index contributed by atoms with van der Waals surface area (Å²) in [5, 5.41) is 6.94. The van der Waals surface area contributed by atoms with Gasteiger partial charge in [-0.1, -0.05) is 44.0 Å². The van der Waals surface area contributed by atoms with Gasteiger partial charge in [0.2, 0.25) is 0 Å². The number of benzene rings is 3. The average Bonchev–Trinajstić information content (AvgIpc) is 3.23. The van der Waals surface area contributed by atoms with Crippen molar-refractivity contribution in [2.75, 3.05) is 24.1 Å². The highest BCUT2D eigenvalue weighted by Gasteiger charge is 2.58. The van der Waals surface area contributed by atoms with Crippen molar-refractivity contribution in [2.24, 2.45) is 11.0 Å². The summed E-state index contributed by atoms with van der Waals surface area (Å²) in [5.74, 6) is 0.876. The monoisotopic (exact) mass is 501 g/mol. The average molecular weight is 502 g/mol. The van der Waals surface area contributed by atoms with Gasteiger partial charge in [-0.2, -0.15) is 5.10 Å². The normalized spacial score (nSPS) is 20.4. The number of hydrogen-bond acceptors (Lipinski definition) is 5. The Morgan fingerprint density at radius 2 is 1.62 bits per heavy atom. The van der Waals surface area contributed by atoms with Crippen molar-refractivity contribution in [3.05, 3.63) is 83.7 Å². The second-order valence-electron chi connectivity index (χ2n) is 9.75. The molecule has 0 N–H and O–H groups in total. The molecule has 3 aromatic rings. The zero-order chi connectivity index (χ0) is 26.2. The Balaban J connectivity index is 1.62. The molecule has 7 heteroatoms. The molecule has 2 aliphatic rings. The number of unbranched alkanes of at least 4 members (excludes halogenated alkanes) is 1. The molecular formula is C30H32FN3O3. The van der Waals surface area contributed by atoms with E-state index in [1.807, 2.05) is 59.3 Å². The molecule has 2 aliphatic heterocycles. The van der Waals surface area contributed by atoms with Crippen LogP contribution in [0.3, 0.4) is 0 Å². The van der Waals surface area contributed by atoms with E-state index in [0.717, 1.165) is 47.5 Å². The molecule has 0 saturated carbocycles. The molecule has 0 bridgehead atoms. The summed E-state index contributed by atoms with van der Waals surface area (Å²) in [7, 11) is 3.23. The number of nitrogens with zero attached hydrogens (tertiary/aromatic N) is 3. The summed E-state index contributed by atoms with van der Waals surface area (Å²) in [5.41, 5.74) is 3.31. The third kappa shape index (κ3) is 4.22. The van der Waals surface area contributed by atoms with Crippen LogP contribution in [0.1, 0.15) is 44.2 Å². The molecule has 2 unspecified atom stereocenters. The number of hydrazone groups is 1. The number of amides is 1. The first-order valence-corrected chi connectivity index (χ1v) is 12.7. The zero-order valence-corrected chi connectivity index (χ0v) is 21.7. The van der Waals surface area contributed by atoms with Crippen molar-refractivity contribution < 1.29 is 18.7 Å². The Hall–Kier alpha value is -3.87. The van der Waals surface area contributed by atoms with Gasteiger partial charge in [0, 0.05) is 12.0 Å². The molecular weight excluding hydrogens is 469 g/mol. The molecule has 0 saturated heterocycles. The van der Waals surface area contributed by atoms with E-state index in [0.29, 0.717) is 18.0 Å². The van der Waals surface area contributed by atoms with Gasteiger partial charge >= 0.3 is 0 Å². The predicted octanol–water partition coefficient (Wildman–Crippen LogP) is 6.18. The molecule has 0 aromatic heterocycles. The highest BCUT2D eigenvalue weighted by Crippen LogP contribution is 2.50. The highest BCUT2D eigenvalue weighted by atomic mass is 19.1. The number of methoxy groups -OCH3 is 2. The second kappa shape index (κ2) is 9.88. The number of anilines is 2. The quantitative estimate of drug-likeness (QED) is 0.370. The molecule has 2 atom stereocenters. The van der Waals surface area contributed by atoms with Crippen LogP contribution in [-0.2, 0) is 11.3 Å². The van der Waals surface area contributed by atoms with E-state index in [4.69, 9.17) is 14.6 Å². The Kier molecular flexibility index (Phi) is 6.63. The largest absolute Gasteiger partial charge is 0.497 e. The van der Waals surface area contributed by atoms with Crippen molar-refractivity contribution in [2.45, 2.75) is 45.2 Å². The van der Waals surface area contributed by atoms with E-state index >= 15 is 0 Å². The van der Waals surface area contributed by atoms with Gasteiger partial charge in [0.05, 0.1) is 37.9 Å². The predicted molar refractivity (Wildman–Crippen MR) is 144 cm³/mol. The van der Waals surface area contributed by atoms with Crippen molar-refractivity contribution in [3.8, 4) is 11.5 Å². The van der Waals surface area contributed by atoms with E-state index in [1.165, 1.54) is 12.1 Å². The van der Waals surface area contributed by atoms with Crippen LogP contribution in [0, 0.1) is 11.7 Å².